The Hall–Kier alpha value is -3.09. The quantitative estimate of drug-likeness (QED) is 0.161. The summed E-state index contributed by atoms with van der Waals surface area (Å²) in [5.74, 6) is -3.93. The zero-order chi connectivity index (χ0) is 26.5. The second kappa shape index (κ2) is 16.6. The number of aliphatic carboxylic acids is 2. The maximum atomic E-state index is 12.8. The molecule has 11 nitrogen and oxygen atoms in total. The van der Waals surface area contributed by atoms with E-state index in [1.54, 1.807) is 48.5 Å². The topological polar surface area (TPSA) is 188 Å². The van der Waals surface area contributed by atoms with Crippen molar-refractivity contribution in [3.8, 4) is 0 Å². The van der Waals surface area contributed by atoms with Crippen molar-refractivity contribution in [2.75, 3.05) is 17.6 Å². The minimum absolute atomic E-state index is 0. The molecule has 0 unspecified atom stereocenters. The van der Waals surface area contributed by atoms with Crippen LogP contribution in [0.4, 0.5) is 5.69 Å². The van der Waals surface area contributed by atoms with Gasteiger partial charge in [0.2, 0.25) is 0 Å². The molecule has 0 bridgehead atoms. The number of benzene rings is 2. The van der Waals surface area contributed by atoms with E-state index in [9.17, 15) is 24.0 Å². The van der Waals surface area contributed by atoms with E-state index in [4.69, 9.17) is 15.9 Å². The first-order valence-electron chi connectivity index (χ1n) is 10.7. The molecule has 2 atom stereocenters. The van der Waals surface area contributed by atoms with Gasteiger partial charge in [-0.3, -0.25) is 0 Å². The Labute approximate surface area is 229 Å². The summed E-state index contributed by atoms with van der Waals surface area (Å²) >= 11 is -0.327. The maximum absolute atomic E-state index is 12.8. The second-order valence-electron chi connectivity index (χ2n) is 7.40. The number of carbonyl (C=O) groups is 5. The Bertz CT molecular complexity index is 1090. The van der Waals surface area contributed by atoms with Crippen molar-refractivity contribution in [2.24, 2.45) is 5.73 Å². The number of para-hydroxylation sites is 1. The van der Waals surface area contributed by atoms with Gasteiger partial charge in [0, 0.05) is 0 Å². The summed E-state index contributed by atoms with van der Waals surface area (Å²) in [6.07, 6.45) is -0.333. The van der Waals surface area contributed by atoms with Gasteiger partial charge in [-0.15, -0.1) is 12.4 Å². The molecule has 14 heteroatoms. The summed E-state index contributed by atoms with van der Waals surface area (Å²) in [6.45, 7) is -0.618. The van der Waals surface area contributed by atoms with E-state index in [1.807, 2.05) is 6.07 Å². The molecule has 0 aliphatic carbocycles. The van der Waals surface area contributed by atoms with Crippen molar-refractivity contribution in [1.82, 2.24) is 10.6 Å². The fourth-order valence-corrected chi connectivity index (χ4v) is 6.97. The van der Waals surface area contributed by atoms with Crippen molar-refractivity contribution in [3.63, 3.8) is 0 Å². The first kappa shape index (κ1) is 31.9. The third-order valence-corrected chi connectivity index (χ3v) is 8.85. The van der Waals surface area contributed by atoms with E-state index in [1.165, 1.54) is 10.2 Å². The van der Waals surface area contributed by atoms with Gasteiger partial charge >= 0.3 is 217 Å². The van der Waals surface area contributed by atoms with Crippen LogP contribution in [-0.4, -0.2) is 78.1 Å². The molecule has 0 heterocycles. The molecule has 2 rings (SSSR count). The molecular formula is C23H27ClN4O7SSe. The monoisotopic (exact) mass is 618 g/mol. The molecule has 200 valence electrons. The zero-order valence-electron chi connectivity index (χ0n) is 19.4. The van der Waals surface area contributed by atoms with Crippen LogP contribution in [0.1, 0.15) is 23.2 Å². The molecule has 0 saturated heterocycles. The average molecular weight is 618 g/mol. The van der Waals surface area contributed by atoms with E-state index >= 15 is 0 Å². The molecule has 0 aromatic heterocycles. The molecule has 0 spiro atoms. The number of hydrogen-bond donors (Lipinski definition) is 6. The van der Waals surface area contributed by atoms with Crippen LogP contribution in [0.15, 0.2) is 54.6 Å². The first-order valence-corrected chi connectivity index (χ1v) is 14.6. The average Bonchev–Trinajstić information content (AvgIpc) is 2.85. The van der Waals surface area contributed by atoms with E-state index < -0.39 is 42.4 Å². The summed E-state index contributed by atoms with van der Waals surface area (Å²) in [5, 5.41) is 25.2. The predicted molar refractivity (Wildman–Crippen MR) is 143 cm³/mol. The molecule has 2 aromatic rings. The number of nitrogens with two attached hydrogens (primary N) is 1. The van der Waals surface area contributed by atoms with Crippen LogP contribution >= 0.6 is 22.6 Å². The number of hydrogen-bond acceptors (Lipinski definition) is 7. The van der Waals surface area contributed by atoms with Crippen molar-refractivity contribution in [3.05, 3.63) is 60.2 Å². The molecular weight excluding hydrogens is 591 g/mol. The van der Waals surface area contributed by atoms with Gasteiger partial charge in [-0.05, 0) is 0 Å². The van der Waals surface area contributed by atoms with Gasteiger partial charge in [0.25, 0.3) is 0 Å². The van der Waals surface area contributed by atoms with Crippen LogP contribution in [-0.2, 0) is 19.2 Å². The third-order valence-electron chi connectivity index (χ3n) is 4.61. The van der Waals surface area contributed by atoms with Crippen molar-refractivity contribution in [2.45, 2.75) is 24.9 Å². The normalized spacial score (nSPS) is 11.8. The number of carboxylic acid groups (broad SMARTS) is 2. The molecule has 2 aromatic carbocycles. The van der Waals surface area contributed by atoms with Gasteiger partial charge in [0.1, 0.15) is 0 Å². The Morgan fingerprint density at radius 3 is 2.27 bits per heavy atom. The van der Waals surface area contributed by atoms with E-state index in [0.29, 0.717) is 11.3 Å². The van der Waals surface area contributed by atoms with Crippen LogP contribution in [0.3, 0.4) is 0 Å². The number of halogens is 1. The number of amides is 3. The van der Waals surface area contributed by atoms with E-state index in [-0.39, 0.29) is 50.7 Å². The standard InChI is InChI=1S/C23H26N4O7SSe.ClH/c24-16(23(33)34)10-11-19(28)27-17(22(32)25-12-20(29)30)13-35-36-18-9-5-4-8-15(18)21(31)26-14-6-2-1-3-7-14;/h1-9,16-17H,10-13,24H2,(H,25,32)(H,26,31)(H,27,28)(H,29,30)(H,33,34);1H/t16-,17-;/m0./s1. The Balaban J connectivity index is 0.00000684. The van der Waals surface area contributed by atoms with Crippen LogP contribution in [0.5, 0.6) is 0 Å². The number of nitrogens with one attached hydrogen (secondary N) is 3. The number of anilines is 1. The van der Waals surface area contributed by atoms with Gasteiger partial charge in [-0.2, -0.15) is 0 Å². The third kappa shape index (κ3) is 11.7. The summed E-state index contributed by atoms with van der Waals surface area (Å²) in [6, 6.07) is 13.8. The molecule has 7 N–H and O–H groups in total. The molecule has 3 amide bonds. The summed E-state index contributed by atoms with van der Waals surface area (Å²) in [4.78, 5) is 59.2. The van der Waals surface area contributed by atoms with Crippen LogP contribution in [0.25, 0.3) is 0 Å². The minimum atomic E-state index is -1.24. The van der Waals surface area contributed by atoms with Gasteiger partial charge in [0.05, 0.1) is 0 Å². The Morgan fingerprint density at radius 1 is 0.973 bits per heavy atom. The van der Waals surface area contributed by atoms with E-state index in [2.05, 4.69) is 16.0 Å². The number of carboxylic acids is 2. The molecule has 0 radical (unpaired) electrons. The van der Waals surface area contributed by atoms with Gasteiger partial charge in [0.15, 0.2) is 0 Å². The zero-order valence-corrected chi connectivity index (χ0v) is 22.8. The number of rotatable bonds is 14. The Kier molecular flexibility index (Phi) is 14.3. The van der Waals surface area contributed by atoms with Gasteiger partial charge < -0.3 is 0 Å². The predicted octanol–water partition coefficient (Wildman–Crippen LogP) is 0.216. The van der Waals surface area contributed by atoms with Gasteiger partial charge in [-0.25, -0.2) is 0 Å². The van der Waals surface area contributed by atoms with Crippen molar-refractivity contribution in [1.29, 1.82) is 0 Å². The van der Waals surface area contributed by atoms with E-state index in [0.717, 1.165) is 4.46 Å². The van der Waals surface area contributed by atoms with Crippen LogP contribution in [0, 0.1) is 0 Å². The summed E-state index contributed by atoms with van der Waals surface area (Å²) < 4.78 is 0.770. The first-order chi connectivity index (χ1) is 17.2. The second-order valence-corrected chi connectivity index (χ2v) is 11.6. The van der Waals surface area contributed by atoms with Crippen LogP contribution < -0.4 is 26.1 Å². The molecule has 0 fully saturated rings. The van der Waals surface area contributed by atoms with Gasteiger partial charge in [-0.1, -0.05) is 0 Å². The van der Waals surface area contributed by atoms with Crippen molar-refractivity contribution < 1.29 is 34.2 Å². The fraction of sp³-hybridized carbons (Fsp3) is 0.261. The Morgan fingerprint density at radius 2 is 1.62 bits per heavy atom. The van der Waals surface area contributed by atoms with Crippen molar-refractivity contribution >= 4 is 76.2 Å². The van der Waals surface area contributed by atoms with Crippen LogP contribution in [0.2, 0.25) is 0 Å². The fourth-order valence-electron chi connectivity index (χ4n) is 2.76. The number of carbonyl (C=O) groups excluding carboxylic acids is 3. The molecule has 0 aliphatic heterocycles. The molecule has 37 heavy (non-hydrogen) atoms. The molecule has 0 aliphatic rings. The summed E-state index contributed by atoms with van der Waals surface area (Å²) in [5.41, 5.74) is 6.54. The SMILES string of the molecule is Cl.N[C@@H](CCC(=O)N[C@@H](CS[Se]c1ccccc1C(=O)Nc1ccccc1)C(=O)NCC(=O)O)C(=O)O. The summed E-state index contributed by atoms with van der Waals surface area (Å²) in [7, 11) is 1.33. The molecule has 0 saturated carbocycles.